The van der Waals surface area contributed by atoms with Crippen LogP contribution in [-0.4, -0.2) is 67.6 Å². The minimum Gasteiger partial charge on any atom is -0.378 e. The van der Waals surface area contributed by atoms with Crippen LogP contribution in [0.2, 0.25) is 0 Å². The highest BCUT2D eigenvalue weighted by atomic mass is 16.5. The van der Waals surface area contributed by atoms with Crippen LogP contribution in [0.1, 0.15) is 36.0 Å². The number of benzene rings is 1. The average molecular weight is 345 g/mol. The van der Waals surface area contributed by atoms with Gasteiger partial charge in [0.15, 0.2) is 0 Å². The Morgan fingerprint density at radius 1 is 1.00 bits per heavy atom. The first kappa shape index (κ1) is 17.9. The van der Waals surface area contributed by atoms with Crippen molar-refractivity contribution in [2.45, 2.75) is 25.7 Å². The van der Waals surface area contributed by atoms with E-state index in [4.69, 9.17) is 4.74 Å². The third-order valence-corrected chi connectivity index (χ3v) is 4.76. The monoisotopic (exact) mass is 345 g/mol. The molecule has 2 saturated heterocycles. The van der Waals surface area contributed by atoms with Crippen LogP contribution in [0.4, 0.5) is 5.69 Å². The molecule has 0 atom stereocenters. The van der Waals surface area contributed by atoms with Crippen LogP contribution in [0, 0.1) is 0 Å². The van der Waals surface area contributed by atoms with Gasteiger partial charge in [0.25, 0.3) is 5.91 Å². The Hall–Kier alpha value is -1.92. The molecule has 1 N–H and O–H groups in total. The van der Waals surface area contributed by atoms with Crippen LogP contribution in [0.25, 0.3) is 0 Å². The number of likely N-dealkylation sites (tertiary alicyclic amines) is 1. The molecule has 0 spiro atoms. The lowest BCUT2D eigenvalue weighted by Crippen LogP contribution is -2.40. The standard InChI is InChI=1S/C19H27N3O3/c23-18(15-21-8-3-1-2-4-9-21)20-17-7-5-6-16(14-17)19(24)22-10-12-25-13-11-22/h5-7,14H,1-4,8-13,15H2,(H,20,23). The van der Waals surface area contributed by atoms with Crippen molar-refractivity contribution in [3.8, 4) is 0 Å². The second kappa shape index (κ2) is 8.97. The Bertz CT molecular complexity index is 591. The molecule has 0 aliphatic carbocycles. The van der Waals surface area contributed by atoms with E-state index in [0.29, 0.717) is 44.1 Å². The number of carbonyl (C=O) groups is 2. The van der Waals surface area contributed by atoms with Gasteiger partial charge in [-0.05, 0) is 44.1 Å². The van der Waals surface area contributed by atoms with Gasteiger partial charge in [0.2, 0.25) is 5.91 Å². The predicted molar refractivity (Wildman–Crippen MR) is 96.7 cm³/mol. The van der Waals surface area contributed by atoms with Crippen LogP contribution in [0.5, 0.6) is 0 Å². The summed E-state index contributed by atoms with van der Waals surface area (Å²) < 4.78 is 5.29. The fourth-order valence-electron chi connectivity index (χ4n) is 3.38. The molecule has 1 aromatic rings. The lowest BCUT2D eigenvalue weighted by Gasteiger charge is -2.27. The molecule has 2 aliphatic heterocycles. The van der Waals surface area contributed by atoms with Crippen LogP contribution in [0.15, 0.2) is 24.3 Å². The van der Waals surface area contributed by atoms with Crippen molar-refractivity contribution in [3.63, 3.8) is 0 Å². The number of rotatable bonds is 4. The molecule has 3 rings (SSSR count). The van der Waals surface area contributed by atoms with Crippen LogP contribution < -0.4 is 5.32 Å². The maximum Gasteiger partial charge on any atom is 0.254 e. The van der Waals surface area contributed by atoms with Gasteiger partial charge in [0, 0.05) is 24.3 Å². The zero-order chi connectivity index (χ0) is 17.5. The first-order valence-corrected chi connectivity index (χ1v) is 9.22. The van der Waals surface area contributed by atoms with Crippen LogP contribution in [-0.2, 0) is 9.53 Å². The second-order valence-electron chi connectivity index (χ2n) is 6.72. The Kier molecular flexibility index (Phi) is 6.42. The van der Waals surface area contributed by atoms with Gasteiger partial charge in [-0.25, -0.2) is 0 Å². The summed E-state index contributed by atoms with van der Waals surface area (Å²) in [6.45, 7) is 4.79. The first-order valence-electron chi connectivity index (χ1n) is 9.22. The molecule has 6 nitrogen and oxygen atoms in total. The summed E-state index contributed by atoms with van der Waals surface area (Å²) in [5.74, 6) is -0.0233. The smallest absolute Gasteiger partial charge is 0.254 e. The molecule has 2 aliphatic rings. The molecule has 0 radical (unpaired) electrons. The molecule has 0 unspecified atom stereocenters. The van der Waals surface area contributed by atoms with Gasteiger partial charge in [0.1, 0.15) is 0 Å². The number of anilines is 1. The molecule has 2 heterocycles. The minimum absolute atomic E-state index is 0.00748. The summed E-state index contributed by atoms with van der Waals surface area (Å²) in [5, 5.41) is 2.93. The van der Waals surface area contributed by atoms with Crippen molar-refractivity contribution in [2.75, 3.05) is 51.3 Å². The minimum atomic E-state index is -0.0159. The Morgan fingerprint density at radius 2 is 1.72 bits per heavy atom. The van der Waals surface area contributed by atoms with Gasteiger partial charge in [-0.15, -0.1) is 0 Å². The number of carbonyl (C=O) groups excluding carboxylic acids is 2. The van der Waals surface area contributed by atoms with Gasteiger partial charge in [-0.3, -0.25) is 14.5 Å². The SMILES string of the molecule is O=C(CN1CCCCCC1)Nc1cccc(C(=O)N2CCOCC2)c1. The quantitative estimate of drug-likeness (QED) is 0.906. The van der Waals surface area contributed by atoms with Crippen molar-refractivity contribution in [1.82, 2.24) is 9.80 Å². The predicted octanol–water partition coefficient (Wildman–Crippen LogP) is 1.97. The van der Waals surface area contributed by atoms with Crippen molar-refractivity contribution in [1.29, 1.82) is 0 Å². The molecule has 6 heteroatoms. The summed E-state index contributed by atoms with van der Waals surface area (Å²) in [6, 6.07) is 7.20. The van der Waals surface area contributed by atoms with E-state index in [1.54, 1.807) is 17.0 Å². The van der Waals surface area contributed by atoms with Crippen molar-refractivity contribution >= 4 is 17.5 Å². The molecular weight excluding hydrogens is 318 g/mol. The molecule has 0 bridgehead atoms. The summed E-state index contributed by atoms with van der Waals surface area (Å²) in [5.41, 5.74) is 1.29. The maximum atomic E-state index is 12.5. The van der Waals surface area contributed by atoms with E-state index < -0.39 is 0 Å². The summed E-state index contributed by atoms with van der Waals surface area (Å²) in [7, 11) is 0. The number of ether oxygens (including phenoxy) is 1. The molecule has 2 amide bonds. The summed E-state index contributed by atoms with van der Waals surface area (Å²) in [4.78, 5) is 28.9. The van der Waals surface area contributed by atoms with Crippen molar-refractivity contribution < 1.29 is 14.3 Å². The molecule has 1 aromatic carbocycles. The lowest BCUT2D eigenvalue weighted by molar-refractivity contribution is -0.117. The van der Waals surface area contributed by atoms with Gasteiger partial charge >= 0.3 is 0 Å². The highest BCUT2D eigenvalue weighted by molar-refractivity contribution is 5.97. The maximum absolute atomic E-state index is 12.5. The molecule has 2 fully saturated rings. The van der Waals surface area contributed by atoms with E-state index >= 15 is 0 Å². The molecule has 25 heavy (non-hydrogen) atoms. The van der Waals surface area contributed by atoms with Gasteiger partial charge < -0.3 is 15.0 Å². The highest BCUT2D eigenvalue weighted by Crippen LogP contribution is 2.15. The summed E-state index contributed by atoms with van der Waals surface area (Å²) >= 11 is 0. The molecule has 0 aromatic heterocycles. The van der Waals surface area contributed by atoms with E-state index in [0.717, 1.165) is 25.9 Å². The van der Waals surface area contributed by atoms with Crippen LogP contribution in [0.3, 0.4) is 0 Å². The van der Waals surface area contributed by atoms with Gasteiger partial charge in [-0.2, -0.15) is 0 Å². The van der Waals surface area contributed by atoms with Gasteiger partial charge in [-0.1, -0.05) is 18.9 Å². The number of nitrogens with one attached hydrogen (secondary N) is 1. The van der Waals surface area contributed by atoms with E-state index in [-0.39, 0.29) is 11.8 Å². The highest BCUT2D eigenvalue weighted by Gasteiger charge is 2.19. The number of morpholine rings is 1. The number of amides is 2. The van der Waals surface area contributed by atoms with Crippen molar-refractivity contribution in [3.05, 3.63) is 29.8 Å². The second-order valence-corrected chi connectivity index (χ2v) is 6.72. The normalized spacial score (nSPS) is 19.3. The number of hydrogen-bond acceptors (Lipinski definition) is 4. The molecule has 0 saturated carbocycles. The topological polar surface area (TPSA) is 61.9 Å². The van der Waals surface area contributed by atoms with Gasteiger partial charge in [0.05, 0.1) is 19.8 Å². The first-order chi connectivity index (χ1) is 12.2. The zero-order valence-corrected chi connectivity index (χ0v) is 14.7. The number of nitrogens with zero attached hydrogens (tertiary/aromatic N) is 2. The molecule has 136 valence electrons. The van der Waals surface area contributed by atoms with E-state index in [1.807, 2.05) is 12.1 Å². The Labute approximate surface area is 149 Å². The van der Waals surface area contributed by atoms with E-state index in [9.17, 15) is 9.59 Å². The van der Waals surface area contributed by atoms with E-state index in [1.165, 1.54) is 12.8 Å². The Balaban J connectivity index is 1.57. The fourth-order valence-corrected chi connectivity index (χ4v) is 3.38. The third-order valence-electron chi connectivity index (χ3n) is 4.76. The number of hydrogen-bond donors (Lipinski definition) is 1. The Morgan fingerprint density at radius 3 is 2.44 bits per heavy atom. The molecular formula is C19H27N3O3. The van der Waals surface area contributed by atoms with Crippen molar-refractivity contribution in [2.24, 2.45) is 0 Å². The van der Waals surface area contributed by atoms with E-state index in [2.05, 4.69) is 10.2 Å². The lowest BCUT2D eigenvalue weighted by atomic mass is 10.1. The zero-order valence-electron chi connectivity index (χ0n) is 14.7. The largest absolute Gasteiger partial charge is 0.378 e. The average Bonchev–Trinajstić information content (AvgIpc) is 2.90. The third kappa shape index (κ3) is 5.28. The van der Waals surface area contributed by atoms with Crippen LogP contribution >= 0.6 is 0 Å². The summed E-state index contributed by atoms with van der Waals surface area (Å²) in [6.07, 6.45) is 4.83. The fraction of sp³-hybridized carbons (Fsp3) is 0.579.